The summed E-state index contributed by atoms with van der Waals surface area (Å²) in [6, 6.07) is 11.9. The van der Waals surface area contributed by atoms with E-state index < -0.39 is 0 Å². The molecule has 1 unspecified atom stereocenters. The fourth-order valence-corrected chi connectivity index (χ4v) is 2.98. The van der Waals surface area contributed by atoms with Crippen LogP contribution in [-0.4, -0.2) is 28.6 Å². The highest BCUT2D eigenvalue weighted by molar-refractivity contribution is 5.96. The number of amides is 2. The van der Waals surface area contributed by atoms with Gasteiger partial charge in [-0.1, -0.05) is 11.2 Å². The van der Waals surface area contributed by atoms with Gasteiger partial charge in [0.05, 0.1) is 11.7 Å². The lowest BCUT2D eigenvalue weighted by atomic mass is 10.1. The molecule has 2 N–H and O–H groups in total. The maximum Gasteiger partial charge on any atom is 0.262 e. The average Bonchev–Trinajstić information content (AvgIpc) is 3.17. The van der Waals surface area contributed by atoms with Crippen LogP contribution in [0.15, 0.2) is 47.0 Å². The van der Waals surface area contributed by atoms with Gasteiger partial charge in [-0.3, -0.25) is 9.59 Å². The van der Waals surface area contributed by atoms with Crippen LogP contribution < -0.4 is 20.1 Å². The van der Waals surface area contributed by atoms with Gasteiger partial charge >= 0.3 is 0 Å². The first-order valence-corrected chi connectivity index (χ1v) is 9.37. The summed E-state index contributed by atoms with van der Waals surface area (Å²) in [6.45, 7) is 3.76. The maximum absolute atomic E-state index is 12.6. The average molecular weight is 408 g/mol. The molecule has 9 nitrogen and oxygen atoms in total. The molecule has 0 spiro atoms. The van der Waals surface area contributed by atoms with E-state index in [0.29, 0.717) is 34.5 Å². The molecule has 0 radical (unpaired) electrons. The highest BCUT2D eigenvalue weighted by Gasteiger charge is 2.18. The number of ether oxygens (including phenoxy) is 2. The van der Waals surface area contributed by atoms with Gasteiger partial charge in [-0.15, -0.1) is 0 Å². The number of nitrogens with zero attached hydrogens (tertiary/aromatic N) is 2. The van der Waals surface area contributed by atoms with Crippen LogP contribution in [0.3, 0.4) is 0 Å². The summed E-state index contributed by atoms with van der Waals surface area (Å²) >= 11 is 0. The lowest BCUT2D eigenvalue weighted by molar-refractivity contribution is -0.118. The van der Waals surface area contributed by atoms with Gasteiger partial charge in [0, 0.05) is 12.5 Å². The molecule has 2 amide bonds. The number of aromatic nitrogens is 2. The predicted molar refractivity (Wildman–Crippen MR) is 106 cm³/mol. The van der Waals surface area contributed by atoms with E-state index in [-0.39, 0.29) is 31.1 Å². The number of hydrogen-bond donors (Lipinski definition) is 2. The van der Waals surface area contributed by atoms with Crippen molar-refractivity contribution >= 4 is 17.5 Å². The first-order chi connectivity index (χ1) is 14.5. The third-order valence-electron chi connectivity index (χ3n) is 4.54. The molecule has 0 aliphatic carbocycles. The Morgan fingerprint density at radius 3 is 2.80 bits per heavy atom. The minimum absolute atomic E-state index is 0.00703. The van der Waals surface area contributed by atoms with Gasteiger partial charge in [0.2, 0.25) is 11.7 Å². The summed E-state index contributed by atoms with van der Waals surface area (Å²) in [5.41, 5.74) is 1.95. The molecule has 2 aromatic carbocycles. The van der Waals surface area contributed by atoms with Crippen LogP contribution in [0.1, 0.15) is 40.6 Å². The number of anilines is 1. The van der Waals surface area contributed by atoms with Gasteiger partial charge in [0.15, 0.2) is 13.2 Å². The molecule has 3 aromatic rings. The molecule has 30 heavy (non-hydrogen) atoms. The Balaban J connectivity index is 1.36. The van der Waals surface area contributed by atoms with E-state index in [1.807, 2.05) is 13.0 Å². The van der Waals surface area contributed by atoms with Crippen LogP contribution in [0, 0.1) is 6.92 Å². The van der Waals surface area contributed by atoms with Crippen LogP contribution in [0.25, 0.3) is 0 Å². The van der Waals surface area contributed by atoms with Crippen LogP contribution in [0.5, 0.6) is 11.5 Å². The Bertz CT molecular complexity index is 1080. The predicted octanol–water partition coefficient (Wildman–Crippen LogP) is 2.78. The number of carbonyl (C=O) groups excluding carboxylic acids is 2. The minimum Gasteiger partial charge on any atom is -0.485 e. The number of hydrogen-bond acceptors (Lipinski definition) is 7. The molecular weight excluding hydrogens is 388 g/mol. The zero-order valence-corrected chi connectivity index (χ0v) is 16.5. The Hall–Kier alpha value is -3.88. The topological polar surface area (TPSA) is 116 Å². The number of fused-ring (bicyclic) bond motifs is 1. The van der Waals surface area contributed by atoms with Crippen LogP contribution >= 0.6 is 0 Å². The molecule has 154 valence electrons. The lowest BCUT2D eigenvalue weighted by Gasteiger charge is -2.21. The summed E-state index contributed by atoms with van der Waals surface area (Å²) in [6.07, 6.45) is 0. The molecule has 1 atom stereocenters. The van der Waals surface area contributed by atoms with E-state index in [1.165, 1.54) is 0 Å². The Morgan fingerprint density at radius 1 is 1.27 bits per heavy atom. The number of benzene rings is 2. The highest BCUT2D eigenvalue weighted by Crippen LogP contribution is 2.30. The number of nitrogens with one attached hydrogen (secondary N) is 2. The quantitative estimate of drug-likeness (QED) is 0.644. The van der Waals surface area contributed by atoms with E-state index in [1.54, 1.807) is 43.3 Å². The molecule has 1 aliphatic rings. The summed E-state index contributed by atoms with van der Waals surface area (Å²) in [7, 11) is 0. The van der Waals surface area contributed by atoms with Crippen molar-refractivity contribution < 1.29 is 23.6 Å². The van der Waals surface area contributed by atoms with Crippen molar-refractivity contribution in [3.8, 4) is 11.5 Å². The standard InChI is InChI=1S/C21H20N4O5/c1-12(15-5-8-18-17(9-15)24-20(26)11-29-18)22-21(27)14-3-6-16(7-4-14)28-10-19-23-13(2)30-25-19/h3-9,12H,10-11H2,1-2H3,(H,22,27)(H,24,26). The van der Waals surface area contributed by atoms with E-state index in [0.717, 1.165) is 5.56 Å². The van der Waals surface area contributed by atoms with Crippen molar-refractivity contribution in [1.29, 1.82) is 0 Å². The number of aryl methyl sites for hydroxylation is 1. The van der Waals surface area contributed by atoms with Gasteiger partial charge in [0.25, 0.3) is 11.8 Å². The van der Waals surface area contributed by atoms with Crippen molar-refractivity contribution in [1.82, 2.24) is 15.5 Å². The van der Waals surface area contributed by atoms with E-state index in [4.69, 9.17) is 14.0 Å². The summed E-state index contributed by atoms with van der Waals surface area (Å²) in [5.74, 6) is 1.71. The third-order valence-corrected chi connectivity index (χ3v) is 4.54. The summed E-state index contributed by atoms with van der Waals surface area (Å²) in [4.78, 5) is 28.1. The first-order valence-electron chi connectivity index (χ1n) is 9.37. The molecule has 0 bridgehead atoms. The maximum atomic E-state index is 12.6. The van der Waals surface area contributed by atoms with Crippen LogP contribution in [-0.2, 0) is 11.4 Å². The second kappa shape index (κ2) is 8.24. The van der Waals surface area contributed by atoms with E-state index in [9.17, 15) is 9.59 Å². The van der Waals surface area contributed by atoms with Gasteiger partial charge in [-0.2, -0.15) is 4.98 Å². The van der Waals surface area contributed by atoms with Crippen molar-refractivity contribution in [2.75, 3.05) is 11.9 Å². The van der Waals surface area contributed by atoms with Crippen LogP contribution in [0.4, 0.5) is 5.69 Å². The molecule has 1 aliphatic heterocycles. The highest BCUT2D eigenvalue weighted by atomic mass is 16.5. The second-order valence-electron chi connectivity index (χ2n) is 6.83. The van der Waals surface area contributed by atoms with Gasteiger partial charge in [-0.25, -0.2) is 0 Å². The zero-order valence-electron chi connectivity index (χ0n) is 16.5. The Kier molecular flexibility index (Phi) is 5.34. The van der Waals surface area contributed by atoms with Crippen molar-refractivity contribution in [3.05, 3.63) is 65.3 Å². The zero-order chi connectivity index (χ0) is 21.1. The fourth-order valence-electron chi connectivity index (χ4n) is 2.98. The normalized spacial score (nSPS) is 13.6. The second-order valence-corrected chi connectivity index (χ2v) is 6.83. The largest absolute Gasteiger partial charge is 0.485 e. The molecule has 0 saturated carbocycles. The number of rotatable bonds is 6. The number of carbonyl (C=O) groups is 2. The van der Waals surface area contributed by atoms with Gasteiger partial charge < -0.3 is 24.6 Å². The molecule has 2 heterocycles. The third kappa shape index (κ3) is 4.40. The molecule has 0 fully saturated rings. The Morgan fingerprint density at radius 2 is 2.07 bits per heavy atom. The van der Waals surface area contributed by atoms with E-state index >= 15 is 0 Å². The lowest BCUT2D eigenvalue weighted by Crippen LogP contribution is -2.28. The summed E-state index contributed by atoms with van der Waals surface area (Å²) in [5, 5.41) is 9.47. The molecule has 1 aromatic heterocycles. The van der Waals surface area contributed by atoms with Crippen molar-refractivity contribution in [2.24, 2.45) is 0 Å². The monoisotopic (exact) mass is 408 g/mol. The molecular formula is C21H20N4O5. The molecule has 4 rings (SSSR count). The molecule has 9 heteroatoms. The first kappa shape index (κ1) is 19.4. The van der Waals surface area contributed by atoms with Crippen molar-refractivity contribution in [3.63, 3.8) is 0 Å². The minimum atomic E-state index is -0.265. The summed E-state index contributed by atoms with van der Waals surface area (Å²) < 4.78 is 15.8. The Labute approximate surface area is 172 Å². The van der Waals surface area contributed by atoms with Gasteiger partial charge in [0.1, 0.15) is 11.5 Å². The SMILES string of the molecule is Cc1nc(COc2ccc(C(=O)NC(C)c3ccc4c(c3)NC(=O)CO4)cc2)no1. The van der Waals surface area contributed by atoms with E-state index in [2.05, 4.69) is 20.8 Å². The smallest absolute Gasteiger partial charge is 0.262 e. The van der Waals surface area contributed by atoms with Gasteiger partial charge in [-0.05, 0) is 48.9 Å². The fraction of sp³-hybridized carbons (Fsp3) is 0.238. The molecule has 0 saturated heterocycles. The van der Waals surface area contributed by atoms with Crippen molar-refractivity contribution in [2.45, 2.75) is 26.5 Å². The van der Waals surface area contributed by atoms with Crippen LogP contribution in [0.2, 0.25) is 0 Å².